The Hall–Kier alpha value is -4.87. The van der Waals surface area contributed by atoms with E-state index in [1.165, 1.54) is 32.2 Å². The van der Waals surface area contributed by atoms with Crippen molar-refractivity contribution in [3.8, 4) is 34.1 Å². The van der Waals surface area contributed by atoms with E-state index in [0.29, 0.717) is 0 Å². The summed E-state index contributed by atoms with van der Waals surface area (Å²) >= 11 is 1.83. The quantitative estimate of drug-likeness (QED) is 0.206. The molecule has 0 saturated carbocycles. The summed E-state index contributed by atoms with van der Waals surface area (Å²) in [5.74, 6) is 3.52. The molecule has 0 N–H and O–H groups in total. The molecule has 0 amide bonds. The lowest BCUT2D eigenvalue weighted by Crippen LogP contribution is -2.57. The Balaban J connectivity index is 1.26. The molecular formula is C36H22BNO2S. The van der Waals surface area contributed by atoms with Crippen molar-refractivity contribution in [2.45, 2.75) is 9.79 Å². The van der Waals surface area contributed by atoms with Crippen molar-refractivity contribution >= 4 is 51.9 Å². The number of benzene rings is 6. The molecule has 0 atom stereocenters. The van der Waals surface area contributed by atoms with Crippen LogP contribution in [0, 0.1) is 0 Å². The summed E-state index contributed by atoms with van der Waals surface area (Å²) in [7, 11) is 0. The van der Waals surface area contributed by atoms with Crippen molar-refractivity contribution in [1.82, 2.24) is 0 Å². The van der Waals surface area contributed by atoms with Crippen molar-refractivity contribution in [3.63, 3.8) is 0 Å². The van der Waals surface area contributed by atoms with Crippen LogP contribution in [0.5, 0.6) is 23.0 Å². The Morgan fingerprint density at radius 1 is 0.537 bits per heavy atom. The van der Waals surface area contributed by atoms with E-state index < -0.39 is 0 Å². The van der Waals surface area contributed by atoms with E-state index in [9.17, 15) is 0 Å². The third-order valence-electron chi connectivity index (χ3n) is 8.18. The highest BCUT2D eigenvalue weighted by atomic mass is 32.2. The first kappa shape index (κ1) is 22.9. The molecule has 41 heavy (non-hydrogen) atoms. The third kappa shape index (κ3) is 3.42. The maximum atomic E-state index is 6.49. The van der Waals surface area contributed by atoms with E-state index >= 15 is 0 Å². The van der Waals surface area contributed by atoms with Crippen LogP contribution in [0.25, 0.3) is 11.1 Å². The van der Waals surface area contributed by atoms with Gasteiger partial charge in [-0.3, -0.25) is 0 Å². The molecular weight excluding hydrogens is 521 g/mol. The molecule has 6 aromatic carbocycles. The molecule has 0 aliphatic carbocycles. The summed E-state index contributed by atoms with van der Waals surface area (Å²) in [6.45, 7) is 0.0368. The number of anilines is 3. The largest absolute Gasteiger partial charge is 0.458 e. The van der Waals surface area contributed by atoms with E-state index in [0.717, 1.165) is 45.2 Å². The van der Waals surface area contributed by atoms with Crippen molar-refractivity contribution in [2.24, 2.45) is 0 Å². The lowest BCUT2D eigenvalue weighted by Gasteiger charge is -2.35. The van der Waals surface area contributed by atoms with E-state index in [1.807, 2.05) is 36.0 Å². The minimum atomic E-state index is 0.0368. The van der Waals surface area contributed by atoms with Gasteiger partial charge in [0.15, 0.2) is 0 Å². The van der Waals surface area contributed by atoms with Crippen LogP contribution in [0.2, 0.25) is 0 Å². The van der Waals surface area contributed by atoms with Crippen molar-refractivity contribution < 1.29 is 9.47 Å². The number of fused-ring (bicyclic) bond motifs is 6. The lowest BCUT2D eigenvalue weighted by molar-refractivity contribution is 0.464. The van der Waals surface area contributed by atoms with Crippen LogP contribution in [-0.2, 0) is 0 Å². The molecule has 3 aliphatic heterocycles. The second-order valence-corrected chi connectivity index (χ2v) is 11.6. The highest BCUT2D eigenvalue weighted by Crippen LogP contribution is 2.54. The second-order valence-electron chi connectivity index (χ2n) is 10.5. The molecule has 6 aromatic rings. The van der Waals surface area contributed by atoms with E-state index in [1.54, 1.807) is 0 Å². The maximum Gasteiger partial charge on any atom is 0.260 e. The van der Waals surface area contributed by atoms with Crippen molar-refractivity contribution in [3.05, 3.63) is 133 Å². The first-order valence-corrected chi connectivity index (χ1v) is 14.6. The van der Waals surface area contributed by atoms with Gasteiger partial charge in [0.1, 0.15) is 23.0 Å². The van der Waals surface area contributed by atoms with E-state index in [-0.39, 0.29) is 6.71 Å². The normalized spacial score (nSPS) is 13.6. The molecule has 0 radical (unpaired) electrons. The average molecular weight is 543 g/mol. The zero-order chi connectivity index (χ0) is 26.9. The fourth-order valence-electron chi connectivity index (χ4n) is 6.43. The van der Waals surface area contributed by atoms with Crippen LogP contribution in [-0.4, -0.2) is 6.71 Å². The van der Waals surface area contributed by atoms with Crippen LogP contribution in [0.3, 0.4) is 0 Å². The molecule has 0 unspecified atom stereocenters. The summed E-state index contributed by atoms with van der Waals surface area (Å²) < 4.78 is 12.8. The Bertz CT molecular complexity index is 1990. The molecule has 0 spiro atoms. The molecule has 3 heterocycles. The highest BCUT2D eigenvalue weighted by molar-refractivity contribution is 7.99. The van der Waals surface area contributed by atoms with Crippen LogP contribution in [0.4, 0.5) is 17.1 Å². The fourth-order valence-corrected chi connectivity index (χ4v) is 7.52. The summed E-state index contributed by atoms with van der Waals surface area (Å²) in [6.07, 6.45) is 0. The Kier molecular flexibility index (Phi) is 4.93. The van der Waals surface area contributed by atoms with Gasteiger partial charge in [0.2, 0.25) is 0 Å². The number of para-hydroxylation sites is 4. The third-order valence-corrected chi connectivity index (χ3v) is 9.29. The number of nitrogens with zero attached hydrogens (tertiary/aromatic N) is 1. The Labute approximate surface area is 243 Å². The van der Waals surface area contributed by atoms with Gasteiger partial charge in [-0.2, -0.15) is 0 Å². The van der Waals surface area contributed by atoms with Gasteiger partial charge >= 0.3 is 0 Å². The molecule has 5 heteroatoms. The predicted octanol–water partition coefficient (Wildman–Crippen LogP) is 8.02. The van der Waals surface area contributed by atoms with Gasteiger partial charge < -0.3 is 14.4 Å². The van der Waals surface area contributed by atoms with Gasteiger partial charge in [-0.15, -0.1) is 0 Å². The monoisotopic (exact) mass is 543 g/mol. The van der Waals surface area contributed by atoms with Crippen LogP contribution in [0.1, 0.15) is 0 Å². The first-order valence-electron chi connectivity index (χ1n) is 13.8. The molecule has 0 fully saturated rings. The van der Waals surface area contributed by atoms with Crippen molar-refractivity contribution in [2.75, 3.05) is 4.90 Å². The number of rotatable bonds is 2. The van der Waals surface area contributed by atoms with Gasteiger partial charge in [0.05, 0.1) is 11.4 Å². The van der Waals surface area contributed by atoms with Crippen LogP contribution < -0.4 is 30.8 Å². The van der Waals surface area contributed by atoms with Gasteiger partial charge in [0.25, 0.3) is 6.71 Å². The molecule has 0 saturated heterocycles. The zero-order valence-corrected chi connectivity index (χ0v) is 22.8. The van der Waals surface area contributed by atoms with Crippen molar-refractivity contribution in [1.29, 1.82) is 0 Å². The molecule has 0 aromatic heterocycles. The topological polar surface area (TPSA) is 21.7 Å². The number of ether oxygens (including phenoxy) is 2. The SMILES string of the molecule is c1ccc(N2c3ccccc3Sc3cccc(-c4ccc5c(c4)B4c6ccccc6Oc6cccc(c64)O5)c32)cc1. The fraction of sp³-hybridized carbons (Fsp3) is 0. The summed E-state index contributed by atoms with van der Waals surface area (Å²) in [4.78, 5) is 4.90. The second kappa shape index (κ2) is 8.82. The summed E-state index contributed by atoms with van der Waals surface area (Å²) in [5, 5.41) is 0. The molecule has 3 aliphatic rings. The van der Waals surface area contributed by atoms with E-state index in [2.05, 4.69) is 114 Å². The summed E-state index contributed by atoms with van der Waals surface area (Å²) in [5.41, 5.74) is 9.32. The minimum absolute atomic E-state index is 0.0368. The van der Waals surface area contributed by atoms with Gasteiger partial charge in [-0.1, -0.05) is 90.6 Å². The Morgan fingerprint density at radius 3 is 2.10 bits per heavy atom. The molecule has 3 nitrogen and oxygen atoms in total. The molecule has 192 valence electrons. The lowest BCUT2D eigenvalue weighted by atomic mass is 9.35. The maximum absolute atomic E-state index is 6.49. The van der Waals surface area contributed by atoms with E-state index in [4.69, 9.17) is 9.47 Å². The van der Waals surface area contributed by atoms with Crippen LogP contribution in [0.15, 0.2) is 143 Å². The number of hydrogen-bond donors (Lipinski definition) is 0. The minimum Gasteiger partial charge on any atom is -0.458 e. The first-order chi connectivity index (χ1) is 20.3. The van der Waals surface area contributed by atoms with Crippen LogP contribution >= 0.6 is 11.8 Å². The van der Waals surface area contributed by atoms with Gasteiger partial charge in [-0.25, -0.2) is 0 Å². The standard InChI is InChI=1S/C36H22BNO2S/c1-2-10-24(11-3-1)38-28-14-5-7-18-33(28)41-34-19-8-12-25(36(34)38)23-20-21-30-27(22-23)37-26-13-4-6-15-29(26)39-31-16-9-17-32(40-30)35(31)37/h1-22H. The predicted molar refractivity (Wildman–Crippen MR) is 168 cm³/mol. The average Bonchev–Trinajstić information content (AvgIpc) is 3.03. The van der Waals surface area contributed by atoms with Gasteiger partial charge in [-0.05, 0) is 71.1 Å². The molecule has 0 bridgehead atoms. The van der Waals surface area contributed by atoms with Gasteiger partial charge in [0, 0.05) is 26.5 Å². The smallest absolute Gasteiger partial charge is 0.260 e. The number of hydrogen-bond acceptors (Lipinski definition) is 4. The summed E-state index contributed by atoms with van der Waals surface area (Å²) in [6, 6.07) is 47.1. The zero-order valence-electron chi connectivity index (χ0n) is 22.0. The Morgan fingerprint density at radius 2 is 1.22 bits per heavy atom. The molecule has 9 rings (SSSR count). The highest BCUT2D eigenvalue weighted by Gasteiger charge is 2.40.